The molecule has 0 spiro atoms. The van der Waals surface area contributed by atoms with E-state index in [1.54, 1.807) is 11.9 Å². The minimum atomic E-state index is 0.157. The van der Waals surface area contributed by atoms with Crippen molar-refractivity contribution in [2.45, 2.75) is 4.71 Å². The van der Waals surface area contributed by atoms with Crippen LogP contribution in [-0.4, -0.2) is 16.1 Å². The summed E-state index contributed by atoms with van der Waals surface area (Å²) in [7, 11) is 1.98. The first kappa shape index (κ1) is 5.32. The highest BCUT2D eigenvalue weighted by molar-refractivity contribution is 7.99. The predicted molar refractivity (Wildman–Crippen MR) is 34.1 cm³/mol. The van der Waals surface area contributed by atoms with E-state index in [-0.39, 0.29) is 4.71 Å². The summed E-state index contributed by atoms with van der Waals surface area (Å²) in [5, 5.41) is 0. The molecule has 0 bridgehead atoms. The number of alkyl halides is 1. The lowest BCUT2D eigenvalue weighted by Gasteiger charge is -2.03. The molecular weight excluding hydrogens is 130 g/mol. The summed E-state index contributed by atoms with van der Waals surface area (Å²) in [6.07, 6.45) is 3.91. The monoisotopic (exact) mass is 135 g/mol. The molecule has 1 aliphatic heterocycles. The van der Waals surface area contributed by atoms with Crippen LogP contribution < -0.4 is 0 Å². The molecule has 0 aromatic heterocycles. The van der Waals surface area contributed by atoms with Crippen LogP contribution in [0.5, 0.6) is 0 Å². The van der Waals surface area contributed by atoms with Gasteiger partial charge in [0.15, 0.2) is 0 Å². The quantitative estimate of drug-likeness (QED) is 0.367. The number of hydrogen-bond acceptors (Lipinski definition) is 2. The molecule has 1 atom stereocenters. The predicted octanol–water partition coefficient (Wildman–Crippen LogP) is 1.66. The first-order valence-electron chi connectivity index (χ1n) is 2.01. The molecule has 1 unspecified atom stereocenters. The van der Waals surface area contributed by atoms with Crippen molar-refractivity contribution in [2.75, 3.05) is 7.05 Å². The molecule has 0 aromatic rings. The minimum absolute atomic E-state index is 0.157. The Morgan fingerprint density at radius 2 is 2.57 bits per heavy atom. The smallest absolute Gasteiger partial charge is 0.118 e. The third-order valence-electron chi connectivity index (χ3n) is 0.714. The van der Waals surface area contributed by atoms with Gasteiger partial charge < -0.3 is 4.31 Å². The number of nitrogens with zero attached hydrogens (tertiary/aromatic N) is 1. The molecule has 0 aliphatic carbocycles. The number of hydrogen-bond donors (Lipinski definition) is 0. The van der Waals surface area contributed by atoms with Gasteiger partial charge in [0.2, 0.25) is 0 Å². The van der Waals surface area contributed by atoms with Crippen LogP contribution in [0.4, 0.5) is 0 Å². The fraction of sp³-hybridized carbons (Fsp3) is 0.500. The zero-order valence-electron chi connectivity index (χ0n) is 3.97. The summed E-state index contributed by atoms with van der Waals surface area (Å²) in [6.45, 7) is 0. The zero-order chi connectivity index (χ0) is 5.28. The lowest BCUT2D eigenvalue weighted by Crippen LogP contribution is -1.93. The molecule has 40 valence electrons. The van der Waals surface area contributed by atoms with Gasteiger partial charge in [0, 0.05) is 13.2 Å². The van der Waals surface area contributed by atoms with Gasteiger partial charge in [0.05, 0.1) is 0 Å². The van der Waals surface area contributed by atoms with Crippen LogP contribution in [0.15, 0.2) is 12.3 Å². The van der Waals surface area contributed by atoms with Crippen molar-refractivity contribution in [1.82, 2.24) is 4.31 Å². The van der Waals surface area contributed by atoms with Crippen molar-refractivity contribution >= 4 is 23.5 Å². The largest absolute Gasteiger partial charge is 0.325 e. The van der Waals surface area contributed by atoms with Gasteiger partial charge in [-0.2, -0.15) is 0 Å². The molecule has 1 rings (SSSR count). The average molecular weight is 136 g/mol. The highest BCUT2D eigenvalue weighted by Crippen LogP contribution is 2.25. The lowest BCUT2D eigenvalue weighted by atomic mass is 10.7. The van der Waals surface area contributed by atoms with Gasteiger partial charge in [-0.1, -0.05) is 0 Å². The van der Waals surface area contributed by atoms with E-state index in [4.69, 9.17) is 11.6 Å². The van der Waals surface area contributed by atoms with Crippen molar-refractivity contribution in [3.63, 3.8) is 0 Å². The molecule has 0 fully saturated rings. The van der Waals surface area contributed by atoms with Crippen LogP contribution in [0.3, 0.4) is 0 Å². The maximum absolute atomic E-state index is 5.64. The molecule has 7 heavy (non-hydrogen) atoms. The number of halogens is 1. The average Bonchev–Trinajstić information content (AvgIpc) is 1.87. The molecule has 0 N–H and O–H groups in total. The Morgan fingerprint density at radius 1 is 1.86 bits per heavy atom. The van der Waals surface area contributed by atoms with Crippen LogP contribution >= 0.6 is 23.5 Å². The van der Waals surface area contributed by atoms with Crippen LogP contribution in [0.1, 0.15) is 0 Å². The normalized spacial score (nSPS) is 29.4. The van der Waals surface area contributed by atoms with Crippen LogP contribution in [0.25, 0.3) is 0 Å². The van der Waals surface area contributed by atoms with E-state index in [2.05, 4.69) is 0 Å². The Bertz CT molecular complexity index is 83.7. The molecule has 1 heterocycles. The van der Waals surface area contributed by atoms with E-state index < -0.39 is 0 Å². The SMILES string of the molecule is CN1C=CC(Cl)S1. The van der Waals surface area contributed by atoms with Gasteiger partial charge in [-0.05, 0) is 18.0 Å². The standard InChI is InChI=1S/C4H6ClNS/c1-6-3-2-4(5)7-6/h2-4H,1H3. The van der Waals surface area contributed by atoms with Gasteiger partial charge in [-0.3, -0.25) is 0 Å². The van der Waals surface area contributed by atoms with E-state index in [0.717, 1.165) is 0 Å². The van der Waals surface area contributed by atoms with Gasteiger partial charge >= 0.3 is 0 Å². The molecular formula is C4H6ClNS. The summed E-state index contributed by atoms with van der Waals surface area (Å²) in [6, 6.07) is 0. The van der Waals surface area contributed by atoms with Crippen molar-refractivity contribution in [1.29, 1.82) is 0 Å². The maximum atomic E-state index is 5.64. The van der Waals surface area contributed by atoms with Gasteiger partial charge in [0.1, 0.15) is 4.71 Å². The Labute approximate surface area is 52.5 Å². The Hall–Kier alpha value is 0.180. The van der Waals surface area contributed by atoms with Gasteiger partial charge in [-0.15, -0.1) is 11.6 Å². The molecule has 0 radical (unpaired) electrons. The first-order valence-corrected chi connectivity index (χ1v) is 3.28. The van der Waals surface area contributed by atoms with E-state index in [1.165, 1.54) is 0 Å². The van der Waals surface area contributed by atoms with Crippen molar-refractivity contribution in [2.24, 2.45) is 0 Å². The van der Waals surface area contributed by atoms with Crippen LogP contribution in [-0.2, 0) is 0 Å². The Kier molecular flexibility index (Phi) is 1.50. The fourth-order valence-electron chi connectivity index (χ4n) is 0.418. The molecule has 3 heteroatoms. The van der Waals surface area contributed by atoms with Crippen molar-refractivity contribution < 1.29 is 0 Å². The second-order valence-electron chi connectivity index (χ2n) is 1.34. The summed E-state index contributed by atoms with van der Waals surface area (Å²) in [5.41, 5.74) is 0. The molecule has 0 saturated heterocycles. The Morgan fingerprint density at radius 3 is 2.71 bits per heavy atom. The Balaban J connectivity index is 2.42. The first-order chi connectivity index (χ1) is 3.29. The van der Waals surface area contributed by atoms with E-state index >= 15 is 0 Å². The second-order valence-corrected chi connectivity index (χ2v) is 3.37. The summed E-state index contributed by atoms with van der Waals surface area (Å²) >= 11 is 7.25. The van der Waals surface area contributed by atoms with Crippen LogP contribution in [0, 0.1) is 0 Å². The number of rotatable bonds is 0. The maximum Gasteiger partial charge on any atom is 0.118 e. The molecule has 1 aliphatic rings. The summed E-state index contributed by atoms with van der Waals surface area (Å²) in [4.78, 5) is 0. The molecule has 0 saturated carbocycles. The lowest BCUT2D eigenvalue weighted by molar-refractivity contribution is 0.788. The minimum Gasteiger partial charge on any atom is -0.325 e. The third kappa shape index (κ3) is 1.28. The summed E-state index contributed by atoms with van der Waals surface area (Å²) in [5.74, 6) is 0. The highest BCUT2D eigenvalue weighted by atomic mass is 35.5. The topological polar surface area (TPSA) is 3.24 Å². The fourth-order valence-corrected chi connectivity index (χ4v) is 1.46. The van der Waals surface area contributed by atoms with Crippen molar-refractivity contribution in [3.05, 3.63) is 12.3 Å². The van der Waals surface area contributed by atoms with Gasteiger partial charge in [0.25, 0.3) is 0 Å². The van der Waals surface area contributed by atoms with E-state index in [1.807, 2.05) is 23.6 Å². The third-order valence-corrected chi connectivity index (χ3v) is 1.91. The zero-order valence-corrected chi connectivity index (χ0v) is 5.54. The van der Waals surface area contributed by atoms with Gasteiger partial charge in [-0.25, -0.2) is 0 Å². The van der Waals surface area contributed by atoms with Crippen molar-refractivity contribution in [3.8, 4) is 0 Å². The summed E-state index contributed by atoms with van der Waals surface area (Å²) < 4.78 is 2.14. The van der Waals surface area contributed by atoms with E-state index in [0.29, 0.717) is 0 Å². The highest BCUT2D eigenvalue weighted by Gasteiger charge is 2.08. The molecule has 1 nitrogen and oxygen atoms in total. The second kappa shape index (κ2) is 1.97. The molecule has 0 amide bonds. The van der Waals surface area contributed by atoms with Crippen LogP contribution in [0.2, 0.25) is 0 Å². The molecule has 0 aromatic carbocycles. The van der Waals surface area contributed by atoms with E-state index in [9.17, 15) is 0 Å².